The largest absolute Gasteiger partial charge is 0.370 e. The Morgan fingerprint density at radius 3 is 2.70 bits per heavy atom. The van der Waals surface area contributed by atoms with Gasteiger partial charge in [0.2, 0.25) is 6.41 Å². The minimum atomic E-state index is -3.81. The van der Waals surface area contributed by atoms with Crippen molar-refractivity contribution in [1.82, 2.24) is 9.88 Å². The van der Waals surface area contributed by atoms with Crippen LogP contribution < -0.4 is 10.5 Å². The van der Waals surface area contributed by atoms with Crippen molar-refractivity contribution < 1.29 is 18.3 Å². The van der Waals surface area contributed by atoms with E-state index in [-0.39, 0.29) is 10.6 Å². The quantitative estimate of drug-likeness (QED) is 0.597. The molecule has 1 aliphatic rings. The second kappa shape index (κ2) is 8.00. The molecule has 0 aliphatic carbocycles. The number of aliphatic hydroxyl groups is 1. The van der Waals surface area contributed by atoms with E-state index >= 15 is 0 Å². The molecular formula is C18H32N4O4S. The first-order chi connectivity index (χ1) is 12.3. The van der Waals surface area contributed by atoms with Gasteiger partial charge >= 0.3 is 0 Å². The molecule has 0 saturated carbocycles. The number of aliphatic hydroxyl groups excluding tert-OH is 1. The lowest BCUT2D eigenvalue weighted by atomic mass is 9.94. The number of sulfonamides is 1. The molecule has 1 aromatic rings. The Morgan fingerprint density at radius 2 is 2.11 bits per heavy atom. The van der Waals surface area contributed by atoms with Crippen molar-refractivity contribution in [3.05, 3.63) is 18.2 Å². The van der Waals surface area contributed by atoms with Gasteiger partial charge in [-0.1, -0.05) is 6.07 Å². The first kappa shape index (κ1) is 22.0. The van der Waals surface area contributed by atoms with Crippen LogP contribution in [0.15, 0.2) is 23.2 Å². The summed E-state index contributed by atoms with van der Waals surface area (Å²) in [7, 11) is -3.81. The van der Waals surface area contributed by atoms with Crippen LogP contribution in [-0.4, -0.2) is 54.1 Å². The molecule has 1 saturated heterocycles. The van der Waals surface area contributed by atoms with Crippen LogP contribution in [0.4, 0.5) is 5.82 Å². The van der Waals surface area contributed by atoms with Crippen molar-refractivity contribution in [2.45, 2.75) is 70.0 Å². The predicted octanol–water partition coefficient (Wildman–Crippen LogP) is 1.72. The molecule has 1 fully saturated rings. The number of hydrogen-bond donors (Lipinski definition) is 3. The van der Waals surface area contributed by atoms with Crippen molar-refractivity contribution in [1.29, 1.82) is 0 Å². The van der Waals surface area contributed by atoms with Crippen LogP contribution in [0.3, 0.4) is 0 Å². The van der Waals surface area contributed by atoms with Crippen molar-refractivity contribution >= 4 is 15.8 Å². The summed E-state index contributed by atoms with van der Waals surface area (Å²) in [6, 6.07) is 4.69. The summed E-state index contributed by atoms with van der Waals surface area (Å²) < 4.78 is 28.5. The maximum absolute atomic E-state index is 11.4. The first-order valence-corrected chi connectivity index (χ1v) is 10.7. The number of nitrogens with zero attached hydrogens (tertiary/aromatic N) is 2. The van der Waals surface area contributed by atoms with Crippen molar-refractivity contribution in [3.8, 4) is 0 Å². The highest BCUT2D eigenvalue weighted by atomic mass is 32.2. The summed E-state index contributed by atoms with van der Waals surface area (Å²) >= 11 is 0. The van der Waals surface area contributed by atoms with Gasteiger partial charge in [0.25, 0.3) is 10.0 Å². The molecule has 0 spiro atoms. The topological polar surface area (TPSA) is 118 Å². The third-order valence-electron chi connectivity index (χ3n) is 4.62. The Bertz CT molecular complexity index is 746. The van der Waals surface area contributed by atoms with E-state index in [0.29, 0.717) is 18.3 Å². The van der Waals surface area contributed by atoms with E-state index in [0.717, 1.165) is 19.4 Å². The van der Waals surface area contributed by atoms with Gasteiger partial charge in [0.05, 0.1) is 5.60 Å². The van der Waals surface area contributed by atoms with E-state index < -0.39 is 22.0 Å². The number of nitrogens with one attached hydrogen (secondary N) is 1. The molecule has 0 radical (unpaired) electrons. The third kappa shape index (κ3) is 6.39. The molecular weight excluding hydrogens is 368 g/mol. The van der Waals surface area contributed by atoms with E-state index in [2.05, 4.69) is 24.1 Å². The smallest absolute Gasteiger partial charge is 0.255 e. The Morgan fingerprint density at radius 1 is 1.44 bits per heavy atom. The fourth-order valence-electron chi connectivity index (χ4n) is 3.45. The zero-order valence-corrected chi connectivity index (χ0v) is 17.6. The molecule has 2 atom stereocenters. The summed E-state index contributed by atoms with van der Waals surface area (Å²) in [6.45, 7) is 11.3. The van der Waals surface area contributed by atoms with Gasteiger partial charge in [-0.2, -0.15) is 0 Å². The molecule has 1 aromatic heterocycles. The van der Waals surface area contributed by atoms with E-state index in [1.54, 1.807) is 12.1 Å². The standard InChI is InChI=1S/C18H32N4O4S/c1-17(2,3)26-16(23)22-12-13(11-18(22,4)5)9-10-20-14-7-6-8-15(21-14)27(19,24)25/h6-8,13,16,23H,9-12H2,1-5H3,(H,20,21)(H2,19,24,25). The van der Waals surface area contributed by atoms with Crippen LogP contribution >= 0.6 is 0 Å². The lowest BCUT2D eigenvalue weighted by molar-refractivity contribution is -0.251. The molecule has 27 heavy (non-hydrogen) atoms. The SMILES string of the molecule is CC(C)(C)OC(O)N1CC(CCNc2cccc(S(N)(=O)=O)n2)CC1(C)C. The van der Waals surface area contributed by atoms with E-state index in [4.69, 9.17) is 9.88 Å². The summed E-state index contributed by atoms with van der Waals surface area (Å²) in [5.74, 6) is 0.860. The average molecular weight is 401 g/mol. The van der Waals surface area contributed by atoms with Gasteiger partial charge in [0, 0.05) is 18.6 Å². The second-order valence-corrected chi connectivity index (χ2v) is 10.2. The third-order valence-corrected chi connectivity index (χ3v) is 5.43. The lowest BCUT2D eigenvalue weighted by Crippen LogP contribution is -2.49. The number of pyridine rings is 1. The molecule has 154 valence electrons. The zero-order chi connectivity index (χ0) is 20.5. The van der Waals surface area contributed by atoms with E-state index in [9.17, 15) is 13.5 Å². The number of ether oxygens (including phenoxy) is 1. The van der Waals surface area contributed by atoms with Gasteiger partial charge in [-0.25, -0.2) is 23.4 Å². The van der Waals surface area contributed by atoms with Crippen molar-refractivity contribution in [3.63, 3.8) is 0 Å². The van der Waals surface area contributed by atoms with Gasteiger partial charge in [0.1, 0.15) is 5.82 Å². The molecule has 0 amide bonds. The molecule has 9 heteroatoms. The fourth-order valence-corrected chi connectivity index (χ4v) is 3.95. The number of aromatic nitrogens is 1. The summed E-state index contributed by atoms with van der Waals surface area (Å²) in [5.41, 5.74) is -0.587. The lowest BCUT2D eigenvalue weighted by Gasteiger charge is -2.37. The van der Waals surface area contributed by atoms with E-state index in [1.807, 2.05) is 25.7 Å². The average Bonchev–Trinajstić information content (AvgIpc) is 2.80. The number of rotatable bonds is 7. The maximum atomic E-state index is 11.4. The number of nitrogens with two attached hydrogens (primary N) is 1. The molecule has 2 unspecified atom stereocenters. The van der Waals surface area contributed by atoms with Crippen molar-refractivity contribution in [2.75, 3.05) is 18.4 Å². The minimum Gasteiger partial charge on any atom is -0.370 e. The number of hydrogen-bond acceptors (Lipinski definition) is 7. The highest BCUT2D eigenvalue weighted by Gasteiger charge is 2.42. The molecule has 4 N–H and O–H groups in total. The van der Waals surface area contributed by atoms with Gasteiger partial charge < -0.3 is 15.2 Å². The first-order valence-electron chi connectivity index (χ1n) is 9.14. The Balaban J connectivity index is 1.90. The molecule has 1 aliphatic heterocycles. The molecule has 0 aromatic carbocycles. The Kier molecular flexibility index (Phi) is 6.53. The van der Waals surface area contributed by atoms with Crippen LogP contribution in [-0.2, 0) is 14.8 Å². The van der Waals surface area contributed by atoms with Gasteiger partial charge in [-0.3, -0.25) is 0 Å². The molecule has 2 rings (SSSR count). The highest BCUT2D eigenvalue weighted by Crippen LogP contribution is 2.36. The molecule has 2 heterocycles. The maximum Gasteiger partial charge on any atom is 0.255 e. The van der Waals surface area contributed by atoms with Crippen LogP contribution in [0.2, 0.25) is 0 Å². The number of anilines is 1. The van der Waals surface area contributed by atoms with Gasteiger partial charge in [0.15, 0.2) is 5.03 Å². The van der Waals surface area contributed by atoms with Crippen LogP contribution in [0.5, 0.6) is 0 Å². The second-order valence-electron chi connectivity index (χ2n) is 8.71. The number of primary sulfonamides is 1. The Labute approximate surface area is 162 Å². The summed E-state index contributed by atoms with van der Waals surface area (Å²) in [5, 5.41) is 18.6. The molecule has 0 bridgehead atoms. The predicted molar refractivity (Wildman–Crippen MR) is 104 cm³/mol. The van der Waals surface area contributed by atoms with Crippen molar-refractivity contribution in [2.24, 2.45) is 11.1 Å². The minimum absolute atomic E-state index is 0.150. The molecule has 8 nitrogen and oxygen atoms in total. The monoisotopic (exact) mass is 400 g/mol. The fraction of sp³-hybridized carbons (Fsp3) is 0.722. The van der Waals surface area contributed by atoms with Crippen LogP contribution in [0.25, 0.3) is 0 Å². The number of likely N-dealkylation sites (tertiary alicyclic amines) is 1. The summed E-state index contributed by atoms with van der Waals surface area (Å²) in [6.07, 6.45) is 0.860. The summed E-state index contributed by atoms with van der Waals surface area (Å²) in [4.78, 5) is 6.01. The van der Waals surface area contributed by atoms with Gasteiger partial charge in [-0.15, -0.1) is 0 Å². The zero-order valence-electron chi connectivity index (χ0n) is 16.8. The van der Waals surface area contributed by atoms with Crippen LogP contribution in [0, 0.1) is 5.92 Å². The Hall–Kier alpha value is -1.26. The normalized spacial score (nSPS) is 22.0. The highest BCUT2D eigenvalue weighted by molar-refractivity contribution is 7.89. The van der Waals surface area contributed by atoms with E-state index in [1.165, 1.54) is 6.07 Å². The van der Waals surface area contributed by atoms with Gasteiger partial charge in [-0.05, 0) is 65.5 Å². The van der Waals surface area contributed by atoms with Crippen LogP contribution in [0.1, 0.15) is 47.5 Å².